The number of hydrogen-bond acceptors (Lipinski definition) is 4. The van der Waals surface area contributed by atoms with Crippen molar-refractivity contribution in [3.8, 4) is 0 Å². The number of rotatable bonds is 4. The average molecular weight is 329 g/mol. The summed E-state index contributed by atoms with van der Waals surface area (Å²) in [6, 6.07) is 9.78. The Balaban J connectivity index is 2.38. The average Bonchev–Trinajstić information content (AvgIpc) is 2.40. The topological polar surface area (TPSA) is 80.3 Å². The molecule has 1 N–H and O–H groups in total. The van der Waals surface area contributed by atoms with Crippen molar-refractivity contribution in [1.29, 1.82) is 0 Å². The first-order valence-corrected chi connectivity index (χ1v) is 9.14. The van der Waals surface area contributed by atoms with Crippen LogP contribution in [0, 0.1) is 5.82 Å². The zero-order valence-electron chi connectivity index (χ0n) is 10.9. The van der Waals surface area contributed by atoms with Crippen molar-refractivity contribution in [2.24, 2.45) is 0 Å². The second kappa shape index (κ2) is 5.45. The predicted octanol–water partition coefficient (Wildman–Crippen LogP) is 2.03. The molecule has 0 radical (unpaired) electrons. The Hall–Kier alpha value is -1.93. The normalized spacial score (nSPS) is 12.1. The molecule has 0 saturated carbocycles. The number of hydrogen-bond donors (Lipinski definition) is 1. The fourth-order valence-electron chi connectivity index (χ4n) is 1.60. The summed E-state index contributed by atoms with van der Waals surface area (Å²) < 4.78 is 62.3. The van der Waals surface area contributed by atoms with Gasteiger partial charge in [-0.3, -0.25) is 4.72 Å². The first kappa shape index (κ1) is 15.5. The molecule has 2 aromatic rings. The van der Waals surface area contributed by atoms with E-state index in [9.17, 15) is 21.2 Å². The fraction of sp³-hybridized carbons (Fsp3) is 0.0769. The first-order valence-electron chi connectivity index (χ1n) is 5.77. The van der Waals surface area contributed by atoms with E-state index in [4.69, 9.17) is 0 Å². The highest BCUT2D eigenvalue weighted by atomic mass is 32.2. The molecule has 112 valence electrons. The Morgan fingerprint density at radius 1 is 0.905 bits per heavy atom. The van der Waals surface area contributed by atoms with Gasteiger partial charge in [0.15, 0.2) is 9.84 Å². The molecule has 0 aliphatic carbocycles. The van der Waals surface area contributed by atoms with Crippen LogP contribution in [0.15, 0.2) is 58.3 Å². The van der Waals surface area contributed by atoms with Crippen LogP contribution in [0.4, 0.5) is 10.1 Å². The van der Waals surface area contributed by atoms with Crippen LogP contribution in [-0.2, 0) is 19.9 Å². The number of anilines is 1. The van der Waals surface area contributed by atoms with E-state index in [1.54, 1.807) is 0 Å². The summed E-state index contributed by atoms with van der Waals surface area (Å²) >= 11 is 0. The van der Waals surface area contributed by atoms with E-state index in [0.29, 0.717) is 0 Å². The zero-order chi connectivity index (χ0) is 15.7. The van der Waals surface area contributed by atoms with Crippen molar-refractivity contribution >= 4 is 25.5 Å². The van der Waals surface area contributed by atoms with Crippen LogP contribution < -0.4 is 4.72 Å². The number of sulfone groups is 1. The molecule has 8 heteroatoms. The van der Waals surface area contributed by atoms with Crippen LogP contribution in [0.1, 0.15) is 0 Å². The van der Waals surface area contributed by atoms with Gasteiger partial charge >= 0.3 is 0 Å². The van der Waals surface area contributed by atoms with Gasteiger partial charge in [0.25, 0.3) is 10.0 Å². The predicted molar refractivity (Wildman–Crippen MR) is 76.8 cm³/mol. The molecular formula is C13H12FNO4S2. The summed E-state index contributed by atoms with van der Waals surface area (Å²) in [5, 5.41) is 0. The van der Waals surface area contributed by atoms with Gasteiger partial charge in [-0.2, -0.15) is 0 Å². The summed E-state index contributed by atoms with van der Waals surface area (Å²) in [6.45, 7) is 0. The van der Waals surface area contributed by atoms with E-state index in [1.165, 1.54) is 30.3 Å². The molecule has 0 aliphatic rings. The third-order valence-corrected chi connectivity index (χ3v) is 5.13. The van der Waals surface area contributed by atoms with Gasteiger partial charge in [0, 0.05) is 11.9 Å². The Kier molecular flexibility index (Phi) is 4.02. The lowest BCUT2D eigenvalue weighted by atomic mass is 10.3. The van der Waals surface area contributed by atoms with Crippen molar-refractivity contribution in [2.45, 2.75) is 9.79 Å². The molecule has 0 heterocycles. The molecule has 0 aliphatic heterocycles. The highest BCUT2D eigenvalue weighted by molar-refractivity contribution is 7.93. The number of halogens is 1. The van der Waals surface area contributed by atoms with E-state index in [0.717, 1.165) is 24.5 Å². The SMILES string of the molecule is CS(=O)(=O)c1cccc(S(=O)(=O)Nc2ccc(F)cc2)c1. The summed E-state index contributed by atoms with van der Waals surface area (Å²) in [7, 11) is -7.45. The minimum absolute atomic E-state index is 0.0931. The second-order valence-electron chi connectivity index (χ2n) is 4.36. The Morgan fingerprint density at radius 3 is 2.05 bits per heavy atom. The minimum atomic E-state index is -3.95. The largest absolute Gasteiger partial charge is 0.280 e. The molecule has 0 atom stereocenters. The molecule has 0 spiro atoms. The van der Waals surface area contributed by atoms with Gasteiger partial charge in [-0.25, -0.2) is 21.2 Å². The highest BCUT2D eigenvalue weighted by Gasteiger charge is 2.17. The lowest BCUT2D eigenvalue weighted by molar-refractivity contribution is 0.599. The van der Waals surface area contributed by atoms with Crippen molar-refractivity contribution in [3.05, 3.63) is 54.3 Å². The molecule has 0 bridgehead atoms. The Labute approximate surface area is 122 Å². The summed E-state index contributed by atoms with van der Waals surface area (Å²) in [6.07, 6.45) is 0.992. The van der Waals surface area contributed by atoms with Gasteiger partial charge in [-0.1, -0.05) is 6.07 Å². The van der Waals surface area contributed by atoms with E-state index < -0.39 is 25.7 Å². The van der Waals surface area contributed by atoms with Crippen molar-refractivity contribution in [3.63, 3.8) is 0 Å². The Bertz CT molecular complexity index is 859. The minimum Gasteiger partial charge on any atom is -0.280 e. The molecule has 0 saturated heterocycles. The van der Waals surface area contributed by atoms with E-state index in [2.05, 4.69) is 4.72 Å². The summed E-state index contributed by atoms with van der Waals surface area (Å²) in [4.78, 5) is -0.278. The quantitative estimate of drug-likeness (QED) is 0.931. The third kappa shape index (κ3) is 3.79. The first-order chi connectivity index (χ1) is 9.68. The molecule has 0 fully saturated rings. The number of benzene rings is 2. The van der Waals surface area contributed by atoms with E-state index in [-0.39, 0.29) is 15.5 Å². The van der Waals surface area contributed by atoms with Gasteiger partial charge in [0.1, 0.15) is 5.82 Å². The van der Waals surface area contributed by atoms with E-state index in [1.807, 2.05) is 0 Å². The maximum absolute atomic E-state index is 12.8. The van der Waals surface area contributed by atoms with Crippen LogP contribution in [0.5, 0.6) is 0 Å². The molecule has 21 heavy (non-hydrogen) atoms. The zero-order valence-corrected chi connectivity index (χ0v) is 12.6. The lowest BCUT2D eigenvalue weighted by Crippen LogP contribution is -2.13. The monoisotopic (exact) mass is 329 g/mol. The van der Waals surface area contributed by atoms with Gasteiger partial charge in [0.2, 0.25) is 0 Å². The molecule has 2 aromatic carbocycles. The Morgan fingerprint density at radius 2 is 1.48 bits per heavy atom. The maximum Gasteiger partial charge on any atom is 0.261 e. The highest BCUT2D eigenvalue weighted by Crippen LogP contribution is 2.19. The van der Waals surface area contributed by atoms with Crippen molar-refractivity contribution in [1.82, 2.24) is 0 Å². The standard InChI is InChI=1S/C13H12FNO4S2/c1-20(16,17)12-3-2-4-13(9-12)21(18,19)15-11-7-5-10(14)6-8-11/h2-9,15H,1H3. The van der Waals surface area contributed by atoms with E-state index >= 15 is 0 Å². The molecular weight excluding hydrogens is 317 g/mol. The van der Waals surface area contributed by atoms with Gasteiger partial charge in [-0.15, -0.1) is 0 Å². The third-order valence-electron chi connectivity index (χ3n) is 2.64. The van der Waals surface area contributed by atoms with Crippen molar-refractivity contribution < 1.29 is 21.2 Å². The van der Waals surface area contributed by atoms with Crippen LogP contribution in [0.25, 0.3) is 0 Å². The van der Waals surface area contributed by atoms with Gasteiger partial charge < -0.3 is 0 Å². The molecule has 0 amide bonds. The fourth-order valence-corrected chi connectivity index (χ4v) is 3.45. The smallest absolute Gasteiger partial charge is 0.261 e. The lowest BCUT2D eigenvalue weighted by Gasteiger charge is -2.09. The molecule has 0 unspecified atom stereocenters. The van der Waals surface area contributed by atoms with Crippen LogP contribution >= 0.6 is 0 Å². The van der Waals surface area contributed by atoms with Crippen molar-refractivity contribution in [2.75, 3.05) is 11.0 Å². The van der Waals surface area contributed by atoms with Gasteiger partial charge in [0.05, 0.1) is 9.79 Å². The van der Waals surface area contributed by atoms with Crippen LogP contribution in [0.2, 0.25) is 0 Å². The maximum atomic E-state index is 12.8. The van der Waals surface area contributed by atoms with Crippen LogP contribution in [-0.4, -0.2) is 23.1 Å². The summed E-state index contributed by atoms with van der Waals surface area (Å²) in [5.74, 6) is -0.489. The summed E-state index contributed by atoms with van der Waals surface area (Å²) in [5.41, 5.74) is 0.182. The van der Waals surface area contributed by atoms with Crippen LogP contribution in [0.3, 0.4) is 0 Å². The molecule has 5 nitrogen and oxygen atoms in total. The second-order valence-corrected chi connectivity index (χ2v) is 8.06. The molecule has 0 aromatic heterocycles. The van der Waals surface area contributed by atoms with Gasteiger partial charge in [-0.05, 0) is 42.5 Å². The molecule has 2 rings (SSSR count). The number of sulfonamides is 1. The number of nitrogens with one attached hydrogen (secondary N) is 1.